The number of nitrogens with one attached hydrogen (secondary N) is 1. The topological polar surface area (TPSA) is 56.8 Å². The molecule has 0 unspecified atom stereocenters. The van der Waals surface area contributed by atoms with Gasteiger partial charge in [-0.05, 0) is 29.8 Å². The summed E-state index contributed by atoms with van der Waals surface area (Å²) in [7, 11) is 0. The Hall–Kier alpha value is -2.21. The van der Waals surface area contributed by atoms with Crippen molar-refractivity contribution in [1.82, 2.24) is 5.32 Å². The molecule has 0 radical (unpaired) electrons. The molecule has 3 rings (SSSR count). The maximum absolute atomic E-state index is 11.8. The standard InChI is InChI=1S/C17H16BrNO4/c18-13-3-1-12(2-4-13)9-17(20)19-7-8-21-14-5-6-15-16(10-14)23-11-22-15/h1-6,10H,7-9,11H2,(H,19,20). The van der Waals surface area contributed by atoms with E-state index in [0.29, 0.717) is 31.1 Å². The van der Waals surface area contributed by atoms with Crippen LogP contribution in [0, 0.1) is 0 Å². The molecule has 0 bridgehead atoms. The van der Waals surface area contributed by atoms with Crippen LogP contribution in [0.5, 0.6) is 17.2 Å². The molecule has 0 aromatic heterocycles. The van der Waals surface area contributed by atoms with Crippen LogP contribution in [0.25, 0.3) is 0 Å². The fourth-order valence-corrected chi connectivity index (χ4v) is 2.44. The largest absolute Gasteiger partial charge is 0.492 e. The molecule has 0 saturated heterocycles. The van der Waals surface area contributed by atoms with E-state index >= 15 is 0 Å². The van der Waals surface area contributed by atoms with E-state index in [2.05, 4.69) is 21.2 Å². The van der Waals surface area contributed by atoms with Crippen molar-refractivity contribution in [3.63, 3.8) is 0 Å². The van der Waals surface area contributed by atoms with Gasteiger partial charge in [0.2, 0.25) is 12.7 Å². The highest BCUT2D eigenvalue weighted by atomic mass is 79.9. The van der Waals surface area contributed by atoms with E-state index in [1.54, 1.807) is 6.07 Å². The Morgan fingerprint density at radius 2 is 1.91 bits per heavy atom. The maximum Gasteiger partial charge on any atom is 0.231 e. The van der Waals surface area contributed by atoms with Crippen LogP contribution < -0.4 is 19.5 Å². The molecule has 1 aliphatic heterocycles. The first-order valence-corrected chi connectivity index (χ1v) is 8.03. The van der Waals surface area contributed by atoms with Gasteiger partial charge in [-0.3, -0.25) is 4.79 Å². The van der Waals surface area contributed by atoms with Crippen molar-refractivity contribution in [3.8, 4) is 17.2 Å². The normalized spacial score (nSPS) is 12.0. The fourth-order valence-electron chi connectivity index (χ4n) is 2.18. The average Bonchev–Trinajstić information content (AvgIpc) is 3.01. The zero-order valence-electron chi connectivity index (χ0n) is 12.4. The van der Waals surface area contributed by atoms with Crippen LogP contribution in [0.15, 0.2) is 46.9 Å². The number of fused-ring (bicyclic) bond motifs is 1. The molecule has 0 fully saturated rings. The molecule has 1 heterocycles. The van der Waals surface area contributed by atoms with Gasteiger partial charge in [0.1, 0.15) is 12.4 Å². The van der Waals surface area contributed by atoms with Crippen molar-refractivity contribution < 1.29 is 19.0 Å². The fraction of sp³-hybridized carbons (Fsp3) is 0.235. The summed E-state index contributed by atoms with van der Waals surface area (Å²) in [6.07, 6.45) is 0.358. The van der Waals surface area contributed by atoms with Gasteiger partial charge in [0.15, 0.2) is 11.5 Å². The molecule has 2 aromatic rings. The Bertz CT molecular complexity index is 687. The quantitative estimate of drug-likeness (QED) is 0.786. The lowest BCUT2D eigenvalue weighted by molar-refractivity contribution is -0.120. The van der Waals surface area contributed by atoms with Crippen LogP contribution in [-0.2, 0) is 11.2 Å². The summed E-state index contributed by atoms with van der Waals surface area (Å²) in [5, 5.41) is 2.84. The van der Waals surface area contributed by atoms with Gasteiger partial charge < -0.3 is 19.5 Å². The molecule has 1 N–H and O–H groups in total. The van der Waals surface area contributed by atoms with Gasteiger partial charge in [-0.25, -0.2) is 0 Å². The summed E-state index contributed by atoms with van der Waals surface area (Å²) in [6, 6.07) is 13.1. The van der Waals surface area contributed by atoms with Crippen LogP contribution in [0.1, 0.15) is 5.56 Å². The van der Waals surface area contributed by atoms with Crippen molar-refractivity contribution in [2.75, 3.05) is 19.9 Å². The number of benzene rings is 2. The molecule has 0 atom stereocenters. The molecule has 120 valence electrons. The maximum atomic E-state index is 11.8. The highest BCUT2D eigenvalue weighted by Gasteiger charge is 2.13. The summed E-state index contributed by atoms with van der Waals surface area (Å²) in [6.45, 7) is 1.08. The number of hydrogen-bond donors (Lipinski definition) is 1. The van der Waals surface area contributed by atoms with E-state index in [-0.39, 0.29) is 12.7 Å². The van der Waals surface area contributed by atoms with Crippen molar-refractivity contribution >= 4 is 21.8 Å². The van der Waals surface area contributed by atoms with E-state index in [4.69, 9.17) is 14.2 Å². The molecule has 0 aliphatic carbocycles. The lowest BCUT2D eigenvalue weighted by atomic mass is 10.1. The van der Waals surface area contributed by atoms with E-state index in [1.807, 2.05) is 36.4 Å². The van der Waals surface area contributed by atoms with Crippen molar-refractivity contribution in [3.05, 3.63) is 52.5 Å². The first kappa shape index (κ1) is 15.7. The number of hydrogen-bond acceptors (Lipinski definition) is 4. The third-order valence-electron chi connectivity index (χ3n) is 3.31. The minimum atomic E-state index is -0.0263. The highest BCUT2D eigenvalue weighted by Crippen LogP contribution is 2.34. The second-order valence-electron chi connectivity index (χ2n) is 5.02. The molecule has 1 aliphatic rings. The monoisotopic (exact) mass is 377 g/mol. The number of halogens is 1. The Labute approximate surface area is 142 Å². The Morgan fingerprint density at radius 3 is 2.74 bits per heavy atom. The van der Waals surface area contributed by atoms with Gasteiger partial charge >= 0.3 is 0 Å². The van der Waals surface area contributed by atoms with Gasteiger partial charge in [0.25, 0.3) is 0 Å². The van der Waals surface area contributed by atoms with Crippen LogP contribution in [0.3, 0.4) is 0 Å². The summed E-state index contributed by atoms with van der Waals surface area (Å²) in [5.41, 5.74) is 0.974. The molecule has 0 saturated carbocycles. The predicted molar refractivity (Wildman–Crippen MR) is 88.9 cm³/mol. The average molecular weight is 378 g/mol. The van der Waals surface area contributed by atoms with Crippen LogP contribution in [0.2, 0.25) is 0 Å². The summed E-state index contributed by atoms with van der Waals surface area (Å²) >= 11 is 3.37. The SMILES string of the molecule is O=C(Cc1ccc(Br)cc1)NCCOc1ccc2c(c1)OCO2. The first-order valence-electron chi connectivity index (χ1n) is 7.24. The Balaban J connectivity index is 1.39. The van der Waals surface area contributed by atoms with E-state index in [0.717, 1.165) is 15.8 Å². The number of amides is 1. The van der Waals surface area contributed by atoms with Gasteiger partial charge in [0, 0.05) is 10.5 Å². The van der Waals surface area contributed by atoms with Crippen LogP contribution >= 0.6 is 15.9 Å². The third kappa shape index (κ3) is 4.39. The highest BCUT2D eigenvalue weighted by molar-refractivity contribution is 9.10. The minimum absolute atomic E-state index is 0.0263. The molecule has 0 spiro atoms. The summed E-state index contributed by atoms with van der Waals surface area (Å²) < 4.78 is 17.1. The van der Waals surface area contributed by atoms with Crippen molar-refractivity contribution in [1.29, 1.82) is 0 Å². The smallest absolute Gasteiger partial charge is 0.231 e. The molecule has 23 heavy (non-hydrogen) atoms. The van der Waals surface area contributed by atoms with E-state index in [1.165, 1.54) is 0 Å². The van der Waals surface area contributed by atoms with Crippen LogP contribution in [0.4, 0.5) is 0 Å². The van der Waals surface area contributed by atoms with Gasteiger partial charge in [0.05, 0.1) is 13.0 Å². The summed E-state index contributed by atoms with van der Waals surface area (Å²) in [5.74, 6) is 2.07. The van der Waals surface area contributed by atoms with Gasteiger partial charge in [-0.2, -0.15) is 0 Å². The molecule has 6 heteroatoms. The zero-order chi connectivity index (χ0) is 16.1. The first-order chi connectivity index (χ1) is 11.2. The second kappa shape index (κ2) is 7.37. The van der Waals surface area contributed by atoms with E-state index < -0.39 is 0 Å². The number of carbonyl (C=O) groups is 1. The second-order valence-corrected chi connectivity index (χ2v) is 5.93. The lowest BCUT2D eigenvalue weighted by Crippen LogP contribution is -2.29. The summed E-state index contributed by atoms with van der Waals surface area (Å²) in [4.78, 5) is 11.8. The van der Waals surface area contributed by atoms with Gasteiger partial charge in [-0.1, -0.05) is 28.1 Å². The molecule has 2 aromatic carbocycles. The molecule has 1 amide bonds. The van der Waals surface area contributed by atoms with Crippen LogP contribution in [-0.4, -0.2) is 25.9 Å². The molecular formula is C17H16BrNO4. The number of ether oxygens (including phenoxy) is 3. The van der Waals surface area contributed by atoms with Gasteiger partial charge in [-0.15, -0.1) is 0 Å². The molecule has 5 nitrogen and oxygen atoms in total. The number of rotatable bonds is 6. The zero-order valence-corrected chi connectivity index (χ0v) is 14.0. The number of carbonyl (C=O) groups excluding carboxylic acids is 1. The lowest BCUT2D eigenvalue weighted by Gasteiger charge is -2.08. The van der Waals surface area contributed by atoms with Crippen molar-refractivity contribution in [2.45, 2.75) is 6.42 Å². The molecular weight excluding hydrogens is 362 g/mol. The van der Waals surface area contributed by atoms with Crippen molar-refractivity contribution in [2.24, 2.45) is 0 Å². The Morgan fingerprint density at radius 1 is 1.13 bits per heavy atom. The minimum Gasteiger partial charge on any atom is -0.492 e. The van der Waals surface area contributed by atoms with E-state index in [9.17, 15) is 4.79 Å². The third-order valence-corrected chi connectivity index (χ3v) is 3.84. The predicted octanol–water partition coefficient (Wildman–Crippen LogP) is 2.92. The Kier molecular flexibility index (Phi) is 5.02.